The summed E-state index contributed by atoms with van der Waals surface area (Å²) in [6, 6.07) is 1.38. The van der Waals surface area contributed by atoms with E-state index in [1.807, 2.05) is 0 Å². The number of ether oxygens (including phenoxy) is 1. The van der Waals surface area contributed by atoms with E-state index in [4.69, 9.17) is 4.74 Å². The van der Waals surface area contributed by atoms with Crippen LogP contribution in [0.3, 0.4) is 0 Å². The summed E-state index contributed by atoms with van der Waals surface area (Å²) in [6.45, 7) is 10.6. The van der Waals surface area contributed by atoms with Crippen molar-refractivity contribution in [2.24, 2.45) is 16.7 Å². The predicted molar refractivity (Wildman–Crippen MR) is 74.6 cm³/mol. The van der Waals surface area contributed by atoms with Crippen LogP contribution in [-0.4, -0.2) is 24.8 Å². The number of nitrogens with one attached hydrogen (secondary N) is 1. The molecular weight excluding hydrogens is 222 g/mol. The lowest BCUT2D eigenvalue weighted by Crippen LogP contribution is -2.55. The summed E-state index contributed by atoms with van der Waals surface area (Å²) in [5.74, 6) is 0.942. The first kappa shape index (κ1) is 12.9. The van der Waals surface area contributed by atoms with Crippen molar-refractivity contribution >= 4 is 0 Å². The Balaban J connectivity index is 1.71. The lowest BCUT2D eigenvalue weighted by Gasteiger charge is -2.46. The summed E-state index contributed by atoms with van der Waals surface area (Å²) in [4.78, 5) is 0. The van der Waals surface area contributed by atoms with Crippen LogP contribution in [0.2, 0.25) is 0 Å². The summed E-state index contributed by atoms with van der Waals surface area (Å²) in [7, 11) is 0. The second-order valence-electron chi connectivity index (χ2n) is 7.92. The van der Waals surface area contributed by atoms with E-state index in [0.29, 0.717) is 29.0 Å². The summed E-state index contributed by atoms with van der Waals surface area (Å²) >= 11 is 0. The van der Waals surface area contributed by atoms with Crippen LogP contribution >= 0.6 is 0 Å². The molecule has 2 heteroatoms. The van der Waals surface area contributed by atoms with Gasteiger partial charge in [-0.05, 0) is 55.8 Å². The van der Waals surface area contributed by atoms with Crippen LogP contribution in [-0.2, 0) is 4.74 Å². The number of rotatable bonds is 2. The number of hydrogen-bond donors (Lipinski definition) is 1. The van der Waals surface area contributed by atoms with Gasteiger partial charge in [-0.3, -0.25) is 0 Å². The molecule has 0 spiro atoms. The van der Waals surface area contributed by atoms with E-state index in [9.17, 15) is 0 Å². The van der Waals surface area contributed by atoms with Gasteiger partial charge in [-0.2, -0.15) is 0 Å². The van der Waals surface area contributed by atoms with Gasteiger partial charge in [-0.1, -0.05) is 20.8 Å². The molecule has 3 unspecified atom stereocenters. The van der Waals surface area contributed by atoms with E-state index in [-0.39, 0.29) is 0 Å². The molecule has 3 aliphatic rings. The Morgan fingerprint density at radius 1 is 1.17 bits per heavy atom. The molecule has 2 aliphatic carbocycles. The molecule has 3 rings (SSSR count). The molecule has 0 aromatic heterocycles. The maximum atomic E-state index is 5.67. The molecule has 5 atom stereocenters. The van der Waals surface area contributed by atoms with Crippen molar-refractivity contribution in [2.75, 3.05) is 6.61 Å². The molecule has 104 valence electrons. The molecule has 1 saturated heterocycles. The Morgan fingerprint density at radius 2 is 1.94 bits per heavy atom. The third-order valence-electron chi connectivity index (χ3n) is 6.16. The summed E-state index contributed by atoms with van der Waals surface area (Å²) in [5, 5.41) is 4.03. The topological polar surface area (TPSA) is 21.3 Å². The third-order valence-corrected chi connectivity index (χ3v) is 6.16. The van der Waals surface area contributed by atoms with E-state index in [1.54, 1.807) is 0 Å². The number of fused-ring (bicyclic) bond motifs is 2. The average molecular weight is 251 g/mol. The Hall–Kier alpha value is -0.0800. The highest BCUT2D eigenvalue weighted by molar-refractivity contribution is 5.12. The molecule has 18 heavy (non-hydrogen) atoms. The first-order valence-corrected chi connectivity index (χ1v) is 7.79. The smallest absolute Gasteiger partial charge is 0.0561 e. The van der Waals surface area contributed by atoms with Gasteiger partial charge in [0.1, 0.15) is 0 Å². The molecule has 0 amide bonds. The van der Waals surface area contributed by atoms with Gasteiger partial charge in [0.25, 0.3) is 0 Å². The molecule has 2 nitrogen and oxygen atoms in total. The predicted octanol–water partition coefficient (Wildman–Crippen LogP) is 3.36. The molecule has 2 saturated carbocycles. The zero-order valence-corrected chi connectivity index (χ0v) is 12.5. The molecule has 1 N–H and O–H groups in total. The first-order chi connectivity index (χ1) is 8.42. The van der Waals surface area contributed by atoms with Crippen molar-refractivity contribution in [3.05, 3.63) is 0 Å². The lowest BCUT2D eigenvalue weighted by atomic mass is 9.68. The standard InChI is InChI=1S/C16H29NO/c1-11-9-13(6-8-18-11)17-14-15(2,3)12-5-7-16(14,4)10-12/h11-14,17H,5-10H2,1-4H3/t11?,12-,13?,14?,16+/m0/s1. The molecule has 2 bridgehead atoms. The molecule has 3 fully saturated rings. The van der Waals surface area contributed by atoms with Gasteiger partial charge in [0.15, 0.2) is 0 Å². The fourth-order valence-electron chi connectivity index (χ4n) is 5.10. The van der Waals surface area contributed by atoms with Crippen LogP contribution in [0.5, 0.6) is 0 Å². The fraction of sp³-hybridized carbons (Fsp3) is 1.00. The molecule has 1 heterocycles. The van der Waals surface area contributed by atoms with Crippen LogP contribution < -0.4 is 5.32 Å². The van der Waals surface area contributed by atoms with Crippen molar-refractivity contribution in [3.63, 3.8) is 0 Å². The molecule has 0 aromatic rings. The maximum Gasteiger partial charge on any atom is 0.0561 e. The largest absolute Gasteiger partial charge is 0.378 e. The van der Waals surface area contributed by atoms with E-state index in [0.717, 1.165) is 12.5 Å². The third kappa shape index (κ3) is 1.92. The van der Waals surface area contributed by atoms with Crippen LogP contribution in [0.25, 0.3) is 0 Å². The first-order valence-electron chi connectivity index (χ1n) is 7.79. The highest BCUT2D eigenvalue weighted by Crippen LogP contribution is 2.62. The van der Waals surface area contributed by atoms with Gasteiger partial charge in [-0.25, -0.2) is 0 Å². The molecule has 0 radical (unpaired) electrons. The fourth-order valence-corrected chi connectivity index (χ4v) is 5.10. The monoisotopic (exact) mass is 251 g/mol. The van der Waals surface area contributed by atoms with Crippen LogP contribution in [0.15, 0.2) is 0 Å². The van der Waals surface area contributed by atoms with Gasteiger partial charge in [-0.15, -0.1) is 0 Å². The van der Waals surface area contributed by atoms with Crippen molar-refractivity contribution < 1.29 is 4.74 Å². The van der Waals surface area contributed by atoms with E-state index < -0.39 is 0 Å². The minimum atomic E-state index is 0.436. The van der Waals surface area contributed by atoms with E-state index in [2.05, 4.69) is 33.0 Å². The Kier molecular flexibility index (Phi) is 3.02. The zero-order chi connectivity index (χ0) is 13.0. The quantitative estimate of drug-likeness (QED) is 0.812. The molecular formula is C16H29NO. The van der Waals surface area contributed by atoms with Crippen molar-refractivity contribution in [2.45, 2.75) is 78.0 Å². The van der Waals surface area contributed by atoms with Gasteiger partial charge in [0.05, 0.1) is 6.10 Å². The van der Waals surface area contributed by atoms with Gasteiger partial charge in [0, 0.05) is 18.7 Å². The average Bonchev–Trinajstić information content (AvgIpc) is 2.76. The van der Waals surface area contributed by atoms with Gasteiger partial charge >= 0.3 is 0 Å². The summed E-state index contributed by atoms with van der Waals surface area (Å²) in [5.41, 5.74) is 1.03. The summed E-state index contributed by atoms with van der Waals surface area (Å²) < 4.78 is 5.67. The van der Waals surface area contributed by atoms with Gasteiger partial charge in [0.2, 0.25) is 0 Å². The van der Waals surface area contributed by atoms with Crippen LogP contribution in [0.4, 0.5) is 0 Å². The minimum absolute atomic E-state index is 0.436. The van der Waals surface area contributed by atoms with Crippen LogP contribution in [0, 0.1) is 16.7 Å². The Morgan fingerprint density at radius 3 is 2.56 bits per heavy atom. The SMILES string of the molecule is CC1CC(NC2C(C)(C)[C@H]3CC[C@]2(C)C3)CCO1. The van der Waals surface area contributed by atoms with Crippen molar-refractivity contribution in [3.8, 4) is 0 Å². The highest BCUT2D eigenvalue weighted by Gasteiger charge is 2.59. The van der Waals surface area contributed by atoms with Crippen LogP contribution in [0.1, 0.15) is 59.8 Å². The molecule has 1 aliphatic heterocycles. The minimum Gasteiger partial charge on any atom is -0.378 e. The van der Waals surface area contributed by atoms with Crippen molar-refractivity contribution in [1.29, 1.82) is 0 Å². The second-order valence-corrected chi connectivity index (χ2v) is 7.92. The Bertz CT molecular complexity index is 322. The number of hydrogen-bond acceptors (Lipinski definition) is 2. The zero-order valence-electron chi connectivity index (χ0n) is 12.5. The van der Waals surface area contributed by atoms with Crippen molar-refractivity contribution in [1.82, 2.24) is 5.32 Å². The summed E-state index contributed by atoms with van der Waals surface area (Å²) in [6.07, 6.45) is 7.14. The normalized spacial score (nSPS) is 50.7. The molecule has 0 aromatic carbocycles. The lowest BCUT2D eigenvalue weighted by molar-refractivity contribution is -0.000809. The highest BCUT2D eigenvalue weighted by atomic mass is 16.5. The van der Waals surface area contributed by atoms with E-state index in [1.165, 1.54) is 32.1 Å². The van der Waals surface area contributed by atoms with Gasteiger partial charge < -0.3 is 10.1 Å². The Labute approximate surface area is 112 Å². The maximum absolute atomic E-state index is 5.67. The second kappa shape index (κ2) is 4.21. The van der Waals surface area contributed by atoms with E-state index >= 15 is 0 Å².